The summed E-state index contributed by atoms with van der Waals surface area (Å²) < 4.78 is 1.57. The van der Waals surface area contributed by atoms with Crippen LogP contribution in [-0.2, 0) is 7.05 Å². The summed E-state index contributed by atoms with van der Waals surface area (Å²) in [6.07, 6.45) is 2.12. The first-order chi connectivity index (χ1) is 9.70. The molecule has 1 heterocycles. The zero-order chi connectivity index (χ0) is 14.4. The van der Waals surface area contributed by atoms with Gasteiger partial charge in [-0.1, -0.05) is 24.0 Å². The van der Waals surface area contributed by atoms with Crippen LogP contribution in [-0.4, -0.2) is 27.4 Å². The summed E-state index contributed by atoms with van der Waals surface area (Å²) in [6, 6.07) is 8.92. The Kier molecular flexibility index (Phi) is 4.53. The number of carbonyl (C=O) groups excluding carboxylic acids is 1. The Bertz CT molecular complexity index is 665. The lowest BCUT2D eigenvalue weighted by Crippen LogP contribution is -2.13. The molecule has 5 heteroatoms. The fourth-order valence-corrected chi connectivity index (χ4v) is 1.64. The molecule has 0 fully saturated rings. The SMILES string of the molecule is Cn1ccc(C(=O)Nc2ccccc2C#CCCO)n1. The summed E-state index contributed by atoms with van der Waals surface area (Å²) in [7, 11) is 1.76. The van der Waals surface area contributed by atoms with Crippen molar-refractivity contribution in [2.45, 2.75) is 6.42 Å². The number of amides is 1. The van der Waals surface area contributed by atoms with Crippen LogP contribution < -0.4 is 5.32 Å². The van der Waals surface area contributed by atoms with Crippen LogP contribution >= 0.6 is 0 Å². The molecule has 1 aromatic heterocycles. The average molecular weight is 269 g/mol. The molecule has 2 rings (SSSR count). The summed E-state index contributed by atoms with van der Waals surface area (Å²) in [4.78, 5) is 12.0. The van der Waals surface area contributed by atoms with E-state index in [1.54, 1.807) is 30.1 Å². The van der Waals surface area contributed by atoms with E-state index in [0.29, 0.717) is 23.4 Å². The number of aliphatic hydroxyl groups excluding tert-OH is 1. The number of anilines is 1. The van der Waals surface area contributed by atoms with E-state index >= 15 is 0 Å². The van der Waals surface area contributed by atoms with Crippen LogP contribution in [0.25, 0.3) is 0 Å². The van der Waals surface area contributed by atoms with Crippen molar-refractivity contribution >= 4 is 11.6 Å². The molecule has 0 aliphatic carbocycles. The van der Waals surface area contributed by atoms with Gasteiger partial charge >= 0.3 is 0 Å². The number of nitrogens with one attached hydrogen (secondary N) is 1. The predicted octanol–water partition coefficient (Wildman–Crippen LogP) is 1.41. The van der Waals surface area contributed by atoms with Gasteiger partial charge in [0.25, 0.3) is 5.91 Å². The fraction of sp³-hybridized carbons (Fsp3) is 0.200. The smallest absolute Gasteiger partial charge is 0.276 e. The van der Waals surface area contributed by atoms with E-state index in [-0.39, 0.29) is 12.5 Å². The number of carbonyl (C=O) groups is 1. The van der Waals surface area contributed by atoms with Crippen LogP contribution in [0.3, 0.4) is 0 Å². The summed E-state index contributed by atoms with van der Waals surface area (Å²) in [5.74, 6) is 5.49. The minimum absolute atomic E-state index is 0.0233. The molecule has 102 valence electrons. The highest BCUT2D eigenvalue weighted by atomic mass is 16.2. The molecule has 1 aromatic carbocycles. The topological polar surface area (TPSA) is 67.2 Å². The maximum absolute atomic E-state index is 12.0. The second kappa shape index (κ2) is 6.55. The van der Waals surface area contributed by atoms with Gasteiger partial charge in [-0.3, -0.25) is 9.48 Å². The number of para-hydroxylation sites is 1. The molecule has 0 saturated heterocycles. The highest BCUT2D eigenvalue weighted by Crippen LogP contribution is 2.14. The Hall–Kier alpha value is -2.58. The van der Waals surface area contributed by atoms with Crippen molar-refractivity contribution in [2.24, 2.45) is 7.05 Å². The Balaban J connectivity index is 2.17. The lowest BCUT2D eigenvalue weighted by Gasteiger charge is -2.05. The van der Waals surface area contributed by atoms with E-state index in [1.165, 1.54) is 0 Å². The summed E-state index contributed by atoms with van der Waals surface area (Å²) in [5.41, 5.74) is 1.70. The number of rotatable bonds is 3. The molecule has 0 saturated carbocycles. The first-order valence-electron chi connectivity index (χ1n) is 6.20. The number of aromatic nitrogens is 2. The van der Waals surface area contributed by atoms with Gasteiger partial charge in [-0.05, 0) is 18.2 Å². The van der Waals surface area contributed by atoms with Gasteiger partial charge in [-0.2, -0.15) is 5.10 Å². The van der Waals surface area contributed by atoms with Gasteiger partial charge in [0, 0.05) is 25.2 Å². The monoisotopic (exact) mass is 269 g/mol. The van der Waals surface area contributed by atoms with Gasteiger partial charge in [0.1, 0.15) is 0 Å². The zero-order valence-corrected chi connectivity index (χ0v) is 11.1. The third-order valence-corrected chi connectivity index (χ3v) is 2.58. The van der Waals surface area contributed by atoms with Gasteiger partial charge in [0.15, 0.2) is 5.69 Å². The number of hydrogen-bond donors (Lipinski definition) is 2. The van der Waals surface area contributed by atoms with Crippen LogP contribution in [0.1, 0.15) is 22.5 Å². The molecule has 0 aliphatic heterocycles. The summed E-state index contributed by atoms with van der Waals surface area (Å²) in [6.45, 7) is 0.0233. The lowest BCUT2D eigenvalue weighted by atomic mass is 10.1. The molecule has 0 radical (unpaired) electrons. The highest BCUT2D eigenvalue weighted by Gasteiger charge is 2.10. The second-order valence-corrected chi connectivity index (χ2v) is 4.15. The first kappa shape index (κ1) is 13.8. The number of hydrogen-bond acceptors (Lipinski definition) is 3. The van der Waals surface area contributed by atoms with Crippen LogP contribution in [0, 0.1) is 11.8 Å². The van der Waals surface area contributed by atoms with Gasteiger partial charge in [-0.25, -0.2) is 0 Å². The minimum Gasteiger partial charge on any atom is -0.395 e. The standard InChI is InChI=1S/C15H15N3O2/c1-18-10-9-14(17-18)15(20)16-13-8-3-2-6-12(13)7-4-5-11-19/h2-3,6,8-10,19H,5,11H2,1H3,(H,16,20). The van der Waals surface area contributed by atoms with Gasteiger partial charge in [-0.15, -0.1) is 0 Å². The van der Waals surface area contributed by atoms with Crippen LogP contribution in [0.2, 0.25) is 0 Å². The molecule has 20 heavy (non-hydrogen) atoms. The maximum Gasteiger partial charge on any atom is 0.276 e. The number of nitrogens with zero attached hydrogens (tertiary/aromatic N) is 2. The van der Waals surface area contributed by atoms with Gasteiger partial charge in [0.2, 0.25) is 0 Å². The van der Waals surface area contributed by atoms with Gasteiger partial charge in [0.05, 0.1) is 12.3 Å². The third-order valence-electron chi connectivity index (χ3n) is 2.58. The number of benzene rings is 1. The zero-order valence-electron chi connectivity index (χ0n) is 11.1. The van der Waals surface area contributed by atoms with Crippen LogP contribution in [0.5, 0.6) is 0 Å². The molecule has 0 unspecified atom stereocenters. The Morgan fingerprint density at radius 2 is 2.20 bits per heavy atom. The van der Waals surface area contributed by atoms with E-state index in [2.05, 4.69) is 22.3 Å². The van der Waals surface area contributed by atoms with E-state index in [9.17, 15) is 4.79 Å². The lowest BCUT2D eigenvalue weighted by molar-refractivity contribution is 0.102. The molecular formula is C15H15N3O2. The molecular weight excluding hydrogens is 254 g/mol. The van der Waals surface area contributed by atoms with Crippen molar-refractivity contribution in [3.63, 3.8) is 0 Å². The van der Waals surface area contributed by atoms with Crippen molar-refractivity contribution in [3.05, 3.63) is 47.8 Å². The maximum atomic E-state index is 12.0. The van der Waals surface area contributed by atoms with E-state index in [4.69, 9.17) is 5.11 Å². The second-order valence-electron chi connectivity index (χ2n) is 4.15. The van der Waals surface area contributed by atoms with Crippen molar-refractivity contribution in [1.82, 2.24) is 9.78 Å². The van der Waals surface area contributed by atoms with Gasteiger partial charge < -0.3 is 10.4 Å². The molecule has 1 amide bonds. The average Bonchev–Trinajstić information content (AvgIpc) is 2.88. The first-order valence-corrected chi connectivity index (χ1v) is 6.20. The highest BCUT2D eigenvalue weighted by molar-refractivity contribution is 6.03. The Labute approximate surface area is 117 Å². The molecule has 5 nitrogen and oxygen atoms in total. The van der Waals surface area contributed by atoms with E-state index < -0.39 is 0 Å². The predicted molar refractivity (Wildman–Crippen MR) is 76.2 cm³/mol. The molecule has 2 aromatic rings. The van der Waals surface area contributed by atoms with E-state index in [1.807, 2.05) is 18.2 Å². The van der Waals surface area contributed by atoms with Crippen LogP contribution in [0.4, 0.5) is 5.69 Å². The quantitative estimate of drug-likeness (QED) is 0.828. The van der Waals surface area contributed by atoms with Crippen LogP contribution in [0.15, 0.2) is 36.5 Å². The number of aryl methyl sites for hydroxylation is 1. The molecule has 0 bridgehead atoms. The molecule has 0 aliphatic rings. The third kappa shape index (κ3) is 3.46. The summed E-state index contributed by atoms with van der Waals surface area (Å²) in [5, 5.41) is 15.6. The van der Waals surface area contributed by atoms with Crippen molar-refractivity contribution in [1.29, 1.82) is 0 Å². The molecule has 0 spiro atoms. The fourth-order valence-electron chi connectivity index (χ4n) is 1.64. The van der Waals surface area contributed by atoms with Crippen molar-refractivity contribution < 1.29 is 9.90 Å². The normalized spacial score (nSPS) is 9.70. The summed E-state index contributed by atoms with van der Waals surface area (Å²) >= 11 is 0. The van der Waals surface area contributed by atoms with E-state index in [0.717, 1.165) is 0 Å². The minimum atomic E-state index is -0.276. The Morgan fingerprint density at radius 1 is 1.40 bits per heavy atom. The Morgan fingerprint density at radius 3 is 2.90 bits per heavy atom. The van der Waals surface area contributed by atoms with Crippen molar-refractivity contribution in [3.8, 4) is 11.8 Å². The number of aliphatic hydroxyl groups is 1. The molecule has 0 atom stereocenters. The van der Waals surface area contributed by atoms with Crippen molar-refractivity contribution in [2.75, 3.05) is 11.9 Å². The molecule has 2 N–H and O–H groups in total. The largest absolute Gasteiger partial charge is 0.395 e.